The summed E-state index contributed by atoms with van der Waals surface area (Å²) >= 11 is 0. The van der Waals surface area contributed by atoms with Gasteiger partial charge in [-0.3, -0.25) is 0 Å². The summed E-state index contributed by atoms with van der Waals surface area (Å²) < 4.78 is 5.55. The van der Waals surface area contributed by atoms with Crippen molar-refractivity contribution >= 4 is 11.9 Å². The van der Waals surface area contributed by atoms with Crippen LogP contribution in [0.2, 0.25) is 0 Å². The summed E-state index contributed by atoms with van der Waals surface area (Å²) in [6.07, 6.45) is 2.20. The number of hydrogen-bond acceptors (Lipinski definition) is 6. The normalized spacial score (nSPS) is 22.7. The zero-order valence-corrected chi connectivity index (χ0v) is 12.9. The highest BCUT2D eigenvalue weighted by molar-refractivity contribution is 5.38. The third kappa shape index (κ3) is 3.71. The van der Waals surface area contributed by atoms with Crippen LogP contribution in [0.3, 0.4) is 0 Å². The van der Waals surface area contributed by atoms with Gasteiger partial charge in [0.1, 0.15) is 0 Å². The lowest BCUT2D eigenvalue weighted by atomic mass is 9.92. The average Bonchev–Trinajstić information content (AvgIpc) is 2.43. The van der Waals surface area contributed by atoms with E-state index in [1.165, 1.54) is 6.42 Å². The Hall–Kier alpha value is -1.59. The monoisotopic (exact) mass is 279 g/mol. The first-order valence-electron chi connectivity index (χ1n) is 7.44. The fourth-order valence-corrected chi connectivity index (χ4v) is 2.68. The molecule has 0 amide bonds. The lowest BCUT2D eigenvalue weighted by molar-refractivity contribution is 0.290. The van der Waals surface area contributed by atoms with Gasteiger partial charge in [-0.05, 0) is 24.7 Å². The Labute approximate surface area is 121 Å². The molecule has 0 bridgehead atoms. The van der Waals surface area contributed by atoms with Gasteiger partial charge in [0.25, 0.3) is 0 Å². The number of nitrogens with zero attached hydrogens (tertiary/aromatic N) is 4. The second kappa shape index (κ2) is 6.72. The Morgan fingerprint density at radius 1 is 1.20 bits per heavy atom. The maximum absolute atomic E-state index is 5.55. The summed E-state index contributed by atoms with van der Waals surface area (Å²) in [5.74, 6) is 2.60. The van der Waals surface area contributed by atoms with Crippen molar-refractivity contribution in [3.05, 3.63) is 0 Å². The molecule has 2 rings (SSSR count). The van der Waals surface area contributed by atoms with Crippen molar-refractivity contribution in [2.75, 3.05) is 37.0 Å². The van der Waals surface area contributed by atoms with Gasteiger partial charge in [-0.2, -0.15) is 15.0 Å². The van der Waals surface area contributed by atoms with E-state index in [2.05, 4.69) is 45.9 Å². The largest absolute Gasteiger partial charge is 0.463 e. The molecule has 112 valence electrons. The van der Waals surface area contributed by atoms with E-state index in [9.17, 15) is 0 Å². The Morgan fingerprint density at radius 2 is 1.90 bits per heavy atom. The van der Waals surface area contributed by atoms with Crippen LogP contribution in [-0.4, -0.2) is 41.7 Å². The SMILES string of the molecule is CCCOc1nc(NC)nc(N2CC(C)CC(C)C2)n1. The maximum Gasteiger partial charge on any atom is 0.323 e. The number of nitrogens with one attached hydrogen (secondary N) is 1. The summed E-state index contributed by atoms with van der Waals surface area (Å²) in [5, 5.41) is 2.98. The minimum atomic E-state index is 0.409. The van der Waals surface area contributed by atoms with E-state index in [1.807, 2.05) is 7.05 Å². The van der Waals surface area contributed by atoms with E-state index in [4.69, 9.17) is 4.74 Å². The second-order valence-electron chi connectivity index (χ2n) is 5.69. The van der Waals surface area contributed by atoms with Crippen LogP contribution in [0.25, 0.3) is 0 Å². The van der Waals surface area contributed by atoms with Crippen molar-refractivity contribution in [2.45, 2.75) is 33.6 Å². The smallest absolute Gasteiger partial charge is 0.323 e. The molecule has 1 N–H and O–H groups in total. The first-order chi connectivity index (χ1) is 9.62. The van der Waals surface area contributed by atoms with Gasteiger partial charge in [0, 0.05) is 20.1 Å². The average molecular weight is 279 g/mol. The first-order valence-corrected chi connectivity index (χ1v) is 7.44. The van der Waals surface area contributed by atoms with Crippen LogP contribution in [0, 0.1) is 11.8 Å². The number of rotatable bonds is 5. The molecule has 1 aromatic heterocycles. The number of anilines is 2. The Kier molecular flexibility index (Phi) is 4.98. The maximum atomic E-state index is 5.55. The van der Waals surface area contributed by atoms with Crippen molar-refractivity contribution in [2.24, 2.45) is 11.8 Å². The Morgan fingerprint density at radius 3 is 2.50 bits per heavy atom. The van der Waals surface area contributed by atoms with E-state index in [-0.39, 0.29) is 0 Å². The molecule has 2 heterocycles. The summed E-state index contributed by atoms with van der Waals surface area (Å²) in [6.45, 7) is 9.22. The van der Waals surface area contributed by atoms with Crippen LogP contribution in [0.15, 0.2) is 0 Å². The van der Waals surface area contributed by atoms with Gasteiger partial charge in [-0.25, -0.2) is 0 Å². The molecule has 1 aliphatic rings. The van der Waals surface area contributed by atoms with Gasteiger partial charge in [0.2, 0.25) is 11.9 Å². The standard InChI is InChI=1S/C14H25N5O/c1-5-6-20-14-17-12(15-4)16-13(18-14)19-8-10(2)7-11(3)9-19/h10-11H,5-9H2,1-4H3,(H,15,16,17,18). The third-order valence-electron chi connectivity index (χ3n) is 3.41. The molecule has 1 fully saturated rings. The van der Waals surface area contributed by atoms with E-state index in [0.717, 1.165) is 19.5 Å². The molecular weight excluding hydrogens is 254 g/mol. The van der Waals surface area contributed by atoms with Gasteiger partial charge >= 0.3 is 6.01 Å². The second-order valence-corrected chi connectivity index (χ2v) is 5.69. The highest BCUT2D eigenvalue weighted by Gasteiger charge is 2.24. The molecule has 0 radical (unpaired) electrons. The van der Waals surface area contributed by atoms with E-state index >= 15 is 0 Å². The molecular formula is C14H25N5O. The molecule has 2 unspecified atom stereocenters. The van der Waals surface area contributed by atoms with Gasteiger partial charge < -0.3 is 15.0 Å². The molecule has 1 aliphatic heterocycles. The van der Waals surface area contributed by atoms with Crippen molar-refractivity contribution < 1.29 is 4.74 Å². The highest BCUT2D eigenvalue weighted by Crippen LogP contribution is 2.25. The molecule has 20 heavy (non-hydrogen) atoms. The fourth-order valence-electron chi connectivity index (χ4n) is 2.68. The molecule has 0 aromatic carbocycles. The van der Waals surface area contributed by atoms with Crippen molar-refractivity contribution in [1.29, 1.82) is 0 Å². The zero-order valence-electron chi connectivity index (χ0n) is 12.9. The Bertz CT molecular complexity index is 430. The number of hydrogen-bond donors (Lipinski definition) is 1. The number of aromatic nitrogens is 3. The van der Waals surface area contributed by atoms with Crippen LogP contribution >= 0.6 is 0 Å². The lowest BCUT2D eigenvalue weighted by Gasteiger charge is -2.35. The van der Waals surface area contributed by atoms with E-state index in [1.54, 1.807) is 0 Å². The highest BCUT2D eigenvalue weighted by atomic mass is 16.5. The minimum Gasteiger partial charge on any atom is -0.463 e. The molecule has 6 nitrogen and oxygen atoms in total. The molecule has 6 heteroatoms. The van der Waals surface area contributed by atoms with Gasteiger partial charge in [0.15, 0.2) is 0 Å². The van der Waals surface area contributed by atoms with Gasteiger partial charge in [-0.15, -0.1) is 0 Å². The summed E-state index contributed by atoms with van der Waals surface area (Å²) in [4.78, 5) is 15.4. The van der Waals surface area contributed by atoms with Gasteiger partial charge in [-0.1, -0.05) is 20.8 Å². The third-order valence-corrected chi connectivity index (χ3v) is 3.41. The number of ether oxygens (including phenoxy) is 1. The molecule has 0 aliphatic carbocycles. The van der Waals surface area contributed by atoms with Crippen molar-refractivity contribution in [1.82, 2.24) is 15.0 Å². The first kappa shape index (κ1) is 14.8. The molecule has 1 aromatic rings. The quantitative estimate of drug-likeness (QED) is 0.891. The number of piperidine rings is 1. The van der Waals surface area contributed by atoms with Crippen LogP contribution < -0.4 is 15.0 Å². The van der Waals surface area contributed by atoms with Crippen LogP contribution in [0.5, 0.6) is 6.01 Å². The predicted octanol–water partition coefficient (Wildman–Crippen LogP) is 2.18. The van der Waals surface area contributed by atoms with E-state index in [0.29, 0.717) is 36.3 Å². The summed E-state index contributed by atoms with van der Waals surface area (Å²) in [6, 6.07) is 0.409. The van der Waals surface area contributed by atoms with Crippen molar-refractivity contribution in [3.8, 4) is 6.01 Å². The molecule has 2 atom stereocenters. The summed E-state index contributed by atoms with van der Waals surface area (Å²) in [5.41, 5.74) is 0. The molecule has 0 spiro atoms. The fraction of sp³-hybridized carbons (Fsp3) is 0.786. The van der Waals surface area contributed by atoms with Crippen LogP contribution in [-0.2, 0) is 0 Å². The Balaban J connectivity index is 2.20. The predicted molar refractivity (Wildman–Crippen MR) is 80.3 cm³/mol. The van der Waals surface area contributed by atoms with Crippen molar-refractivity contribution in [3.63, 3.8) is 0 Å². The zero-order chi connectivity index (χ0) is 14.5. The minimum absolute atomic E-state index is 0.409. The summed E-state index contributed by atoms with van der Waals surface area (Å²) in [7, 11) is 1.81. The molecule has 0 saturated carbocycles. The lowest BCUT2D eigenvalue weighted by Crippen LogP contribution is -2.39. The molecule has 1 saturated heterocycles. The van der Waals surface area contributed by atoms with E-state index < -0.39 is 0 Å². The van der Waals surface area contributed by atoms with Crippen LogP contribution in [0.4, 0.5) is 11.9 Å². The topological polar surface area (TPSA) is 63.2 Å². The van der Waals surface area contributed by atoms with Crippen LogP contribution in [0.1, 0.15) is 33.6 Å². The van der Waals surface area contributed by atoms with Gasteiger partial charge in [0.05, 0.1) is 6.61 Å².